The van der Waals surface area contributed by atoms with E-state index in [2.05, 4.69) is 5.32 Å². The van der Waals surface area contributed by atoms with E-state index in [9.17, 15) is 9.59 Å². The lowest BCUT2D eigenvalue weighted by atomic mass is 9.78. The van der Waals surface area contributed by atoms with Gasteiger partial charge in [-0.2, -0.15) is 0 Å². The maximum atomic E-state index is 12.6. The van der Waals surface area contributed by atoms with Crippen LogP contribution in [-0.4, -0.2) is 25.3 Å². The van der Waals surface area contributed by atoms with Gasteiger partial charge in [-0.05, 0) is 47.2 Å². The minimum absolute atomic E-state index is 0.0345. The number of nitrogens with one attached hydrogen (secondary N) is 1. The SMILES string of the molecule is COc1ccc(C2CC(=O)NCC2CC(=O)Cc2ccc(Cl)cc2)cc1. The van der Waals surface area contributed by atoms with Crippen molar-refractivity contribution in [2.45, 2.75) is 25.2 Å². The third kappa shape index (κ3) is 4.64. The van der Waals surface area contributed by atoms with Crippen molar-refractivity contribution in [2.24, 2.45) is 5.92 Å². The summed E-state index contributed by atoms with van der Waals surface area (Å²) in [6, 6.07) is 15.1. The Labute approximate surface area is 158 Å². The molecule has 1 saturated heterocycles. The lowest BCUT2D eigenvalue weighted by molar-refractivity contribution is -0.125. The Hall–Kier alpha value is -2.33. The van der Waals surface area contributed by atoms with Crippen LogP contribution in [0.2, 0.25) is 5.02 Å². The molecule has 5 heteroatoms. The van der Waals surface area contributed by atoms with Crippen LogP contribution in [0.3, 0.4) is 0 Å². The number of halogens is 1. The summed E-state index contributed by atoms with van der Waals surface area (Å²) in [6.07, 6.45) is 1.24. The third-order valence-electron chi connectivity index (χ3n) is 4.88. The van der Waals surface area contributed by atoms with E-state index < -0.39 is 0 Å². The van der Waals surface area contributed by atoms with Crippen molar-refractivity contribution in [3.05, 3.63) is 64.7 Å². The van der Waals surface area contributed by atoms with Crippen molar-refractivity contribution in [3.8, 4) is 5.75 Å². The molecule has 0 saturated carbocycles. The van der Waals surface area contributed by atoms with Gasteiger partial charge in [-0.15, -0.1) is 0 Å². The Kier molecular flexibility index (Phi) is 5.94. The zero-order valence-corrected chi connectivity index (χ0v) is 15.5. The van der Waals surface area contributed by atoms with Gasteiger partial charge in [0.05, 0.1) is 7.11 Å². The molecule has 2 atom stereocenters. The van der Waals surface area contributed by atoms with Gasteiger partial charge in [-0.1, -0.05) is 35.9 Å². The average Bonchev–Trinajstić information content (AvgIpc) is 2.65. The molecule has 1 amide bonds. The van der Waals surface area contributed by atoms with E-state index in [4.69, 9.17) is 16.3 Å². The highest BCUT2D eigenvalue weighted by Crippen LogP contribution is 2.34. The van der Waals surface area contributed by atoms with Crippen LogP contribution in [0.25, 0.3) is 0 Å². The fourth-order valence-electron chi connectivity index (χ4n) is 3.48. The number of methoxy groups -OCH3 is 1. The predicted molar refractivity (Wildman–Crippen MR) is 102 cm³/mol. The summed E-state index contributed by atoms with van der Waals surface area (Å²) in [4.78, 5) is 24.4. The fraction of sp³-hybridized carbons (Fsp3) is 0.333. The van der Waals surface area contributed by atoms with E-state index in [1.54, 1.807) is 19.2 Å². The molecule has 0 aromatic heterocycles. The second-order valence-corrected chi connectivity index (χ2v) is 7.13. The van der Waals surface area contributed by atoms with Crippen molar-refractivity contribution in [2.75, 3.05) is 13.7 Å². The number of hydrogen-bond donors (Lipinski definition) is 1. The number of piperidine rings is 1. The van der Waals surface area contributed by atoms with Crippen molar-refractivity contribution in [1.29, 1.82) is 0 Å². The molecule has 4 nitrogen and oxygen atoms in total. The first-order chi connectivity index (χ1) is 12.5. The molecular weight excluding hydrogens is 350 g/mol. The van der Waals surface area contributed by atoms with Crippen LogP contribution in [0.4, 0.5) is 0 Å². The first-order valence-corrected chi connectivity index (χ1v) is 9.09. The van der Waals surface area contributed by atoms with E-state index >= 15 is 0 Å². The highest BCUT2D eigenvalue weighted by atomic mass is 35.5. The molecule has 1 N–H and O–H groups in total. The Balaban J connectivity index is 1.69. The minimum atomic E-state index is 0.0345. The molecule has 1 aliphatic rings. The summed E-state index contributed by atoms with van der Waals surface area (Å²) >= 11 is 5.89. The summed E-state index contributed by atoms with van der Waals surface area (Å²) in [7, 11) is 1.63. The van der Waals surface area contributed by atoms with E-state index in [0.717, 1.165) is 16.9 Å². The van der Waals surface area contributed by atoms with Crippen LogP contribution in [-0.2, 0) is 16.0 Å². The zero-order valence-electron chi connectivity index (χ0n) is 14.7. The standard InChI is InChI=1S/C21H22ClNO3/c1-26-19-8-4-15(5-9-19)20-12-21(25)23-13-16(20)11-18(24)10-14-2-6-17(22)7-3-14/h2-9,16,20H,10-13H2,1H3,(H,23,25). The summed E-state index contributed by atoms with van der Waals surface area (Å²) in [5.41, 5.74) is 2.03. The second kappa shape index (κ2) is 8.37. The van der Waals surface area contributed by atoms with Crippen LogP contribution in [0.5, 0.6) is 5.75 Å². The van der Waals surface area contributed by atoms with Crippen molar-refractivity contribution < 1.29 is 14.3 Å². The van der Waals surface area contributed by atoms with Gasteiger partial charge < -0.3 is 10.1 Å². The van der Waals surface area contributed by atoms with Gasteiger partial charge >= 0.3 is 0 Å². The van der Waals surface area contributed by atoms with Crippen LogP contribution in [0, 0.1) is 5.92 Å². The number of benzene rings is 2. The average molecular weight is 372 g/mol. The molecule has 136 valence electrons. The van der Waals surface area contributed by atoms with Gasteiger partial charge in [0.15, 0.2) is 0 Å². The Morgan fingerprint density at radius 2 is 1.85 bits per heavy atom. The summed E-state index contributed by atoms with van der Waals surface area (Å²) < 4.78 is 5.20. The highest BCUT2D eigenvalue weighted by molar-refractivity contribution is 6.30. The highest BCUT2D eigenvalue weighted by Gasteiger charge is 2.31. The molecule has 0 aliphatic carbocycles. The first-order valence-electron chi connectivity index (χ1n) is 8.72. The topological polar surface area (TPSA) is 55.4 Å². The summed E-state index contributed by atoms with van der Waals surface area (Å²) in [5.74, 6) is 1.13. The number of rotatable bonds is 6. The molecule has 2 aromatic carbocycles. The summed E-state index contributed by atoms with van der Waals surface area (Å²) in [6.45, 7) is 0.530. The molecule has 2 aromatic rings. The van der Waals surface area contributed by atoms with Gasteiger partial charge in [0, 0.05) is 30.8 Å². The van der Waals surface area contributed by atoms with Gasteiger partial charge in [0.1, 0.15) is 11.5 Å². The molecular formula is C21H22ClNO3. The van der Waals surface area contributed by atoms with Gasteiger partial charge in [0.2, 0.25) is 5.91 Å². The van der Waals surface area contributed by atoms with Crippen molar-refractivity contribution >= 4 is 23.3 Å². The Morgan fingerprint density at radius 3 is 2.50 bits per heavy atom. The molecule has 26 heavy (non-hydrogen) atoms. The lowest BCUT2D eigenvalue weighted by Gasteiger charge is -2.31. The number of carbonyl (C=O) groups excluding carboxylic acids is 2. The van der Waals surface area contributed by atoms with Crippen LogP contribution >= 0.6 is 11.6 Å². The maximum absolute atomic E-state index is 12.6. The van der Waals surface area contributed by atoms with Gasteiger partial charge in [0.25, 0.3) is 0 Å². The second-order valence-electron chi connectivity index (χ2n) is 6.69. The quantitative estimate of drug-likeness (QED) is 0.840. The monoisotopic (exact) mass is 371 g/mol. The number of Topliss-reactive ketones (excluding diaryl/α,β-unsaturated/α-hetero) is 1. The first kappa shape index (κ1) is 18.5. The van der Waals surface area contributed by atoms with E-state index in [-0.39, 0.29) is 23.5 Å². The zero-order chi connectivity index (χ0) is 18.5. The van der Waals surface area contributed by atoms with E-state index in [1.807, 2.05) is 36.4 Å². The number of carbonyl (C=O) groups is 2. The Bertz CT molecular complexity index is 771. The summed E-state index contributed by atoms with van der Waals surface area (Å²) in [5, 5.41) is 3.56. The molecule has 1 aliphatic heterocycles. The van der Waals surface area contributed by atoms with Crippen LogP contribution in [0.1, 0.15) is 29.9 Å². The number of ketones is 1. The smallest absolute Gasteiger partial charge is 0.220 e. The van der Waals surface area contributed by atoms with Gasteiger partial charge in [-0.3, -0.25) is 9.59 Å². The van der Waals surface area contributed by atoms with Crippen molar-refractivity contribution in [1.82, 2.24) is 5.32 Å². The molecule has 0 bridgehead atoms. The normalized spacial score (nSPS) is 19.7. The molecule has 0 spiro atoms. The molecule has 3 rings (SSSR count). The molecule has 1 fully saturated rings. The Morgan fingerprint density at radius 1 is 1.15 bits per heavy atom. The maximum Gasteiger partial charge on any atom is 0.220 e. The van der Waals surface area contributed by atoms with Crippen LogP contribution < -0.4 is 10.1 Å². The minimum Gasteiger partial charge on any atom is -0.497 e. The largest absolute Gasteiger partial charge is 0.497 e. The third-order valence-corrected chi connectivity index (χ3v) is 5.14. The number of amides is 1. The molecule has 1 heterocycles. The molecule has 2 unspecified atom stereocenters. The fourth-order valence-corrected chi connectivity index (χ4v) is 3.60. The van der Waals surface area contributed by atoms with Gasteiger partial charge in [-0.25, -0.2) is 0 Å². The van der Waals surface area contributed by atoms with Crippen molar-refractivity contribution in [3.63, 3.8) is 0 Å². The number of ether oxygens (including phenoxy) is 1. The number of hydrogen-bond acceptors (Lipinski definition) is 3. The van der Waals surface area contributed by atoms with E-state index in [0.29, 0.717) is 30.8 Å². The lowest BCUT2D eigenvalue weighted by Crippen LogP contribution is -2.40. The van der Waals surface area contributed by atoms with E-state index in [1.165, 1.54) is 0 Å². The van der Waals surface area contributed by atoms with Crippen LogP contribution in [0.15, 0.2) is 48.5 Å². The molecule has 0 radical (unpaired) electrons. The predicted octanol–water partition coefficient (Wildman–Crippen LogP) is 3.77.